The van der Waals surface area contributed by atoms with Crippen molar-refractivity contribution in [2.75, 3.05) is 5.32 Å². The zero-order chi connectivity index (χ0) is 13.7. The Kier molecular flexibility index (Phi) is 4.53. The highest BCUT2D eigenvalue weighted by Crippen LogP contribution is 2.38. The van der Waals surface area contributed by atoms with E-state index in [0.29, 0.717) is 17.7 Å². The van der Waals surface area contributed by atoms with Crippen molar-refractivity contribution in [2.24, 2.45) is 5.41 Å². The van der Waals surface area contributed by atoms with E-state index in [4.69, 9.17) is 0 Å². The molecular formula is C15H22N2O2. The van der Waals surface area contributed by atoms with Gasteiger partial charge in [-0.05, 0) is 24.3 Å². The summed E-state index contributed by atoms with van der Waals surface area (Å²) in [6.45, 7) is 2.11. The fourth-order valence-electron chi connectivity index (χ4n) is 2.84. The molecule has 2 rings (SSSR count). The molecule has 1 saturated carbocycles. The standard InChI is InChI=1S/C15H22N2O2/c1-15(6-3-2-4-7-15)9-14(19)17-13-10-16-8-5-12(13)11-18/h5,8,10,18H,2-4,6-7,9,11H2,1H3,(H,17,19). The Morgan fingerprint density at radius 2 is 2.16 bits per heavy atom. The molecule has 1 fully saturated rings. The van der Waals surface area contributed by atoms with Crippen LogP contribution in [0, 0.1) is 5.41 Å². The van der Waals surface area contributed by atoms with E-state index in [-0.39, 0.29) is 17.9 Å². The van der Waals surface area contributed by atoms with Gasteiger partial charge in [0, 0.05) is 18.2 Å². The third-order valence-corrected chi connectivity index (χ3v) is 4.00. The number of hydrogen-bond acceptors (Lipinski definition) is 3. The molecule has 0 saturated heterocycles. The van der Waals surface area contributed by atoms with E-state index in [2.05, 4.69) is 17.2 Å². The largest absolute Gasteiger partial charge is 0.392 e. The van der Waals surface area contributed by atoms with Crippen LogP contribution < -0.4 is 5.32 Å². The number of pyridine rings is 1. The number of aliphatic hydroxyl groups is 1. The fourth-order valence-corrected chi connectivity index (χ4v) is 2.84. The number of carbonyl (C=O) groups excluding carboxylic acids is 1. The first-order chi connectivity index (χ1) is 9.13. The molecule has 1 heterocycles. The van der Waals surface area contributed by atoms with Crippen LogP contribution in [0.4, 0.5) is 5.69 Å². The first kappa shape index (κ1) is 14.0. The molecule has 1 aromatic rings. The van der Waals surface area contributed by atoms with Crippen molar-refractivity contribution < 1.29 is 9.90 Å². The van der Waals surface area contributed by atoms with Crippen molar-refractivity contribution in [1.29, 1.82) is 0 Å². The molecule has 0 aromatic carbocycles. The number of hydrogen-bond donors (Lipinski definition) is 2. The predicted octanol–water partition coefficient (Wildman–Crippen LogP) is 2.87. The third-order valence-electron chi connectivity index (χ3n) is 4.00. The number of anilines is 1. The minimum absolute atomic E-state index is 0.0205. The van der Waals surface area contributed by atoms with Gasteiger partial charge in [-0.25, -0.2) is 0 Å². The minimum Gasteiger partial charge on any atom is -0.392 e. The SMILES string of the molecule is CC1(CC(=O)Nc2cnccc2CO)CCCCC1. The van der Waals surface area contributed by atoms with Crippen LogP contribution in [0.25, 0.3) is 0 Å². The highest BCUT2D eigenvalue weighted by molar-refractivity contribution is 5.91. The van der Waals surface area contributed by atoms with Gasteiger partial charge < -0.3 is 10.4 Å². The normalized spacial score (nSPS) is 18.0. The molecule has 4 heteroatoms. The quantitative estimate of drug-likeness (QED) is 0.877. The van der Waals surface area contributed by atoms with Crippen LogP contribution in [0.1, 0.15) is 51.0 Å². The number of nitrogens with zero attached hydrogens (tertiary/aromatic N) is 1. The molecule has 1 amide bonds. The Morgan fingerprint density at radius 1 is 1.42 bits per heavy atom. The summed E-state index contributed by atoms with van der Waals surface area (Å²) in [6.07, 6.45) is 9.73. The van der Waals surface area contributed by atoms with E-state index in [1.807, 2.05) is 0 Å². The van der Waals surface area contributed by atoms with Gasteiger partial charge in [0.15, 0.2) is 0 Å². The van der Waals surface area contributed by atoms with Gasteiger partial charge in [-0.3, -0.25) is 9.78 Å². The highest BCUT2D eigenvalue weighted by atomic mass is 16.3. The number of rotatable bonds is 4. The summed E-state index contributed by atoms with van der Waals surface area (Å²) < 4.78 is 0. The maximum atomic E-state index is 12.1. The molecule has 0 spiro atoms. The predicted molar refractivity (Wildman–Crippen MR) is 74.6 cm³/mol. The van der Waals surface area contributed by atoms with Crippen LogP contribution in [0.15, 0.2) is 18.5 Å². The molecule has 1 aliphatic carbocycles. The van der Waals surface area contributed by atoms with E-state index >= 15 is 0 Å². The molecule has 0 bridgehead atoms. The van der Waals surface area contributed by atoms with Crippen LogP contribution in [0.5, 0.6) is 0 Å². The van der Waals surface area contributed by atoms with Crippen molar-refractivity contribution in [1.82, 2.24) is 4.98 Å². The van der Waals surface area contributed by atoms with Crippen LogP contribution in [0.3, 0.4) is 0 Å². The minimum atomic E-state index is -0.0879. The summed E-state index contributed by atoms with van der Waals surface area (Å²) in [7, 11) is 0. The van der Waals surface area contributed by atoms with Crippen LogP contribution >= 0.6 is 0 Å². The van der Waals surface area contributed by atoms with Gasteiger partial charge in [-0.2, -0.15) is 0 Å². The van der Waals surface area contributed by atoms with Crippen LogP contribution in [-0.2, 0) is 11.4 Å². The molecule has 4 nitrogen and oxygen atoms in total. The molecule has 2 N–H and O–H groups in total. The first-order valence-corrected chi connectivity index (χ1v) is 6.97. The highest BCUT2D eigenvalue weighted by Gasteiger charge is 2.29. The van der Waals surface area contributed by atoms with E-state index in [0.717, 1.165) is 12.8 Å². The Morgan fingerprint density at radius 3 is 2.84 bits per heavy atom. The van der Waals surface area contributed by atoms with Gasteiger partial charge in [-0.1, -0.05) is 26.2 Å². The first-order valence-electron chi connectivity index (χ1n) is 6.97. The van der Waals surface area contributed by atoms with Gasteiger partial charge >= 0.3 is 0 Å². The summed E-state index contributed by atoms with van der Waals surface area (Å²) in [5.41, 5.74) is 1.45. The van der Waals surface area contributed by atoms with Crippen LogP contribution in [0.2, 0.25) is 0 Å². The Balaban J connectivity index is 1.97. The third kappa shape index (κ3) is 3.77. The molecule has 1 aliphatic rings. The lowest BCUT2D eigenvalue weighted by Crippen LogP contribution is -2.27. The van der Waals surface area contributed by atoms with Gasteiger partial charge in [0.25, 0.3) is 0 Å². The molecule has 19 heavy (non-hydrogen) atoms. The van der Waals surface area contributed by atoms with Crippen molar-refractivity contribution in [3.63, 3.8) is 0 Å². The lowest BCUT2D eigenvalue weighted by atomic mass is 9.73. The van der Waals surface area contributed by atoms with Gasteiger partial charge in [0.05, 0.1) is 18.5 Å². The van der Waals surface area contributed by atoms with Crippen molar-refractivity contribution >= 4 is 11.6 Å². The average molecular weight is 262 g/mol. The van der Waals surface area contributed by atoms with Crippen molar-refractivity contribution in [3.8, 4) is 0 Å². The monoisotopic (exact) mass is 262 g/mol. The second kappa shape index (κ2) is 6.15. The van der Waals surface area contributed by atoms with Gasteiger partial charge in [0.2, 0.25) is 5.91 Å². The Hall–Kier alpha value is -1.42. The van der Waals surface area contributed by atoms with Crippen molar-refractivity contribution in [2.45, 2.75) is 52.1 Å². The zero-order valence-corrected chi connectivity index (χ0v) is 11.5. The molecular weight excluding hydrogens is 240 g/mol. The number of nitrogens with one attached hydrogen (secondary N) is 1. The Labute approximate surface area is 114 Å². The van der Waals surface area contributed by atoms with Gasteiger partial charge in [-0.15, -0.1) is 0 Å². The van der Waals surface area contributed by atoms with E-state index < -0.39 is 0 Å². The Bertz CT molecular complexity index is 440. The summed E-state index contributed by atoms with van der Waals surface area (Å²) in [4.78, 5) is 16.1. The van der Waals surface area contributed by atoms with Gasteiger partial charge in [0.1, 0.15) is 0 Å². The molecule has 0 atom stereocenters. The summed E-state index contributed by atoms with van der Waals surface area (Å²) in [5.74, 6) is 0.0205. The molecule has 0 unspecified atom stereocenters. The molecule has 0 aliphatic heterocycles. The maximum absolute atomic E-state index is 12.1. The summed E-state index contributed by atoms with van der Waals surface area (Å²) in [6, 6.07) is 1.72. The average Bonchev–Trinajstić information content (AvgIpc) is 2.39. The number of aliphatic hydroxyl groups excluding tert-OH is 1. The second-order valence-corrected chi connectivity index (χ2v) is 5.79. The number of amides is 1. The van der Waals surface area contributed by atoms with Crippen LogP contribution in [-0.4, -0.2) is 16.0 Å². The lowest BCUT2D eigenvalue weighted by Gasteiger charge is -2.32. The summed E-state index contributed by atoms with van der Waals surface area (Å²) >= 11 is 0. The smallest absolute Gasteiger partial charge is 0.224 e. The lowest BCUT2D eigenvalue weighted by molar-refractivity contribution is -0.118. The fraction of sp³-hybridized carbons (Fsp3) is 0.600. The summed E-state index contributed by atoms with van der Waals surface area (Å²) in [5, 5.41) is 12.1. The molecule has 0 radical (unpaired) electrons. The van der Waals surface area contributed by atoms with E-state index in [9.17, 15) is 9.90 Å². The van der Waals surface area contributed by atoms with E-state index in [1.54, 1.807) is 18.5 Å². The molecule has 1 aromatic heterocycles. The second-order valence-electron chi connectivity index (χ2n) is 5.79. The number of aromatic nitrogens is 1. The van der Waals surface area contributed by atoms with E-state index in [1.165, 1.54) is 19.3 Å². The maximum Gasteiger partial charge on any atom is 0.224 e. The molecule has 104 valence electrons. The zero-order valence-electron chi connectivity index (χ0n) is 11.5. The van der Waals surface area contributed by atoms with Crippen molar-refractivity contribution in [3.05, 3.63) is 24.0 Å². The topological polar surface area (TPSA) is 62.2 Å². The number of carbonyl (C=O) groups is 1.